The maximum absolute atomic E-state index is 14.2. The van der Waals surface area contributed by atoms with Crippen LogP contribution in [-0.2, 0) is 4.79 Å². The number of carbonyl (C=O) groups excluding carboxylic acids is 2. The van der Waals surface area contributed by atoms with Crippen LogP contribution in [0.3, 0.4) is 0 Å². The number of rotatable bonds is 7. The number of aromatic nitrogens is 2. The molecule has 3 atom stereocenters. The second-order valence-corrected chi connectivity index (χ2v) is 10.1. The van der Waals surface area contributed by atoms with E-state index in [1.54, 1.807) is 6.20 Å². The molecule has 8 nitrogen and oxygen atoms in total. The number of nitrogens with one attached hydrogen (secondary N) is 2. The molecule has 1 saturated heterocycles. The zero-order valence-electron chi connectivity index (χ0n) is 21.2. The molecule has 2 aliphatic rings. The van der Waals surface area contributed by atoms with E-state index in [2.05, 4.69) is 25.7 Å². The maximum Gasteiger partial charge on any atom is 0.273 e. The number of benzene rings is 1. The van der Waals surface area contributed by atoms with Gasteiger partial charge in [0.05, 0.1) is 23.2 Å². The summed E-state index contributed by atoms with van der Waals surface area (Å²) in [5.74, 6) is -2.65. The molecule has 1 aromatic carbocycles. The van der Waals surface area contributed by atoms with Crippen molar-refractivity contribution in [2.45, 2.75) is 57.2 Å². The van der Waals surface area contributed by atoms with Crippen molar-refractivity contribution in [2.24, 2.45) is 5.92 Å². The molecule has 1 aliphatic heterocycles. The summed E-state index contributed by atoms with van der Waals surface area (Å²) in [7, 11) is 0. The fourth-order valence-electron chi connectivity index (χ4n) is 5.48. The highest BCUT2D eigenvalue weighted by Crippen LogP contribution is 2.29. The van der Waals surface area contributed by atoms with Crippen LogP contribution in [0.2, 0.25) is 0 Å². The Labute approximate surface area is 219 Å². The lowest BCUT2D eigenvalue weighted by Crippen LogP contribution is -2.57. The molecule has 10 heteroatoms. The molecule has 2 aromatic heterocycles. The van der Waals surface area contributed by atoms with E-state index in [0.29, 0.717) is 19.0 Å². The van der Waals surface area contributed by atoms with Crippen molar-refractivity contribution in [3.05, 3.63) is 71.7 Å². The number of pyridine rings is 1. The van der Waals surface area contributed by atoms with Crippen molar-refractivity contribution >= 4 is 11.8 Å². The quantitative estimate of drug-likeness (QED) is 0.480. The number of carbonyl (C=O) groups is 2. The van der Waals surface area contributed by atoms with E-state index in [0.717, 1.165) is 37.2 Å². The predicted octanol–water partition coefficient (Wildman–Crippen LogP) is 4.26. The van der Waals surface area contributed by atoms with Crippen molar-refractivity contribution in [1.29, 1.82) is 0 Å². The zero-order chi connectivity index (χ0) is 26.6. The van der Waals surface area contributed by atoms with Crippen LogP contribution < -0.4 is 10.6 Å². The Morgan fingerprint density at radius 1 is 1.11 bits per heavy atom. The number of hydrogen-bond donors (Lipinski definition) is 2. The highest BCUT2D eigenvalue weighted by Gasteiger charge is 2.39. The molecular weight excluding hydrogens is 492 g/mol. The third-order valence-electron chi connectivity index (χ3n) is 7.57. The van der Waals surface area contributed by atoms with Crippen molar-refractivity contribution < 1.29 is 22.9 Å². The van der Waals surface area contributed by atoms with Gasteiger partial charge in [0, 0.05) is 43.5 Å². The first-order valence-corrected chi connectivity index (χ1v) is 13.1. The average molecular weight is 524 g/mol. The van der Waals surface area contributed by atoms with Gasteiger partial charge in [-0.3, -0.25) is 19.5 Å². The molecule has 3 heterocycles. The lowest BCUT2D eigenvalue weighted by atomic mass is 9.89. The molecule has 0 spiro atoms. The lowest BCUT2D eigenvalue weighted by Gasteiger charge is -2.41. The highest BCUT2D eigenvalue weighted by atomic mass is 19.1. The zero-order valence-corrected chi connectivity index (χ0v) is 21.2. The molecule has 0 radical (unpaired) electrons. The van der Waals surface area contributed by atoms with Gasteiger partial charge in [0.1, 0.15) is 11.6 Å². The van der Waals surface area contributed by atoms with Crippen LogP contribution in [-0.4, -0.2) is 52.0 Å². The summed E-state index contributed by atoms with van der Waals surface area (Å²) in [5.41, 5.74) is 0.722. The Morgan fingerprint density at radius 3 is 2.66 bits per heavy atom. The third kappa shape index (κ3) is 5.75. The first-order valence-electron chi connectivity index (χ1n) is 13.1. The molecule has 2 N–H and O–H groups in total. The summed E-state index contributed by atoms with van der Waals surface area (Å²) in [5, 5.41) is 9.82. The van der Waals surface area contributed by atoms with Gasteiger partial charge in [-0.15, -0.1) is 0 Å². The minimum absolute atomic E-state index is 0.00332. The summed E-state index contributed by atoms with van der Waals surface area (Å²) in [6, 6.07) is 9.71. The number of amides is 2. The standard InChI is InChI=1S/C28H31F2N5O3/c1-17(23-8-4-5-12-31-23)32-27(36)21-16-35(19-6-2-3-7-19)13-11-24(21)33-28(37)25-15-26(38-34-25)20-10-9-18(29)14-22(20)30/h4-5,8-10,12,14-15,17,19,21,24H,2-3,6-7,11,13,16H2,1H3,(H,32,36)(H,33,37)/t17?,21-,24-/m1/s1. The molecule has 1 saturated carbocycles. The lowest BCUT2D eigenvalue weighted by molar-refractivity contribution is -0.128. The van der Waals surface area contributed by atoms with E-state index in [-0.39, 0.29) is 29.0 Å². The smallest absolute Gasteiger partial charge is 0.273 e. The topological polar surface area (TPSA) is 100 Å². The summed E-state index contributed by atoms with van der Waals surface area (Å²) >= 11 is 0. The van der Waals surface area contributed by atoms with Gasteiger partial charge in [-0.2, -0.15) is 0 Å². The Balaban J connectivity index is 1.30. The fraction of sp³-hybridized carbons (Fsp3) is 0.429. The van der Waals surface area contributed by atoms with Crippen molar-refractivity contribution in [3.8, 4) is 11.3 Å². The Morgan fingerprint density at radius 2 is 1.92 bits per heavy atom. The molecule has 38 heavy (non-hydrogen) atoms. The maximum atomic E-state index is 14.2. The first kappa shape index (κ1) is 26.0. The second kappa shape index (κ2) is 11.4. The highest BCUT2D eigenvalue weighted by molar-refractivity contribution is 5.94. The molecule has 0 bridgehead atoms. The van der Waals surface area contributed by atoms with E-state index in [4.69, 9.17) is 4.52 Å². The van der Waals surface area contributed by atoms with E-state index in [1.807, 2.05) is 25.1 Å². The molecule has 2 fully saturated rings. The molecule has 5 rings (SSSR count). The van der Waals surface area contributed by atoms with Gasteiger partial charge in [0.2, 0.25) is 5.91 Å². The van der Waals surface area contributed by atoms with E-state index in [9.17, 15) is 18.4 Å². The molecule has 200 valence electrons. The van der Waals surface area contributed by atoms with Crippen LogP contribution in [0.25, 0.3) is 11.3 Å². The van der Waals surface area contributed by atoms with E-state index >= 15 is 0 Å². The number of hydrogen-bond acceptors (Lipinski definition) is 6. The predicted molar refractivity (Wildman–Crippen MR) is 136 cm³/mol. The summed E-state index contributed by atoms with van der Waals surface area (Å²) in [4.78, 5) is 33.3. The van der Waals surface area contributed by atoms with Crippen molar-refractivity contribution in [3.63, 3.8) is 0 Å². The fourth-order valence-corrected chi connectivity index (χ4v) is 5.48. The van der Waals surface area contributed by atoms with E-state index < -0.39 is 29.5 Å². The molecule has 1 unspecified atom stereocenters. The van der Waals surface area contributed by atoms with Crippen LogP contribution in [0.1, 0.15) is 61.3 Å². The van der Waals surface area contributed by atoms with Crippen molar-refractivity contribution in [2.75, 3.05) is 13.1 Å². The number of piperidine rings is 1. The average Bonchev–Trinajstić information content (AvgIpc) is 3.62. The minimum atomic E-state index is -0.814. The van der Waals surface area contributed by atoms with Gasteiger partial charge in [0.25, 0.3) is 5.91 Å². The Bertz CT molecular complexity index is 1280. The minimum Gasteiger partial charge on any atom is -0.355 e. The van der Waals surface area contributed by atoms with E-state index in [1.165, 1.54) is 25.0 Å². The normalized spacial score (nSPS) is 21.2. The SMILES string of the molecule is CC(NC(=O)[C@@H]1CN(C2CCCC2)CC[C@H]1NC(=O)c1cc(-c2ccc(F)cc2F)on1)c1ccccn1. The Kier molecular flexibility index (Phi) is 7.78. The number of halogens is 2. The largest absolute Gasteiger partial charge is 0.355 e. The van der Waals surface area contributed by atoms with Gasteiger partial charge in [-0.1, -0.05) is 24.1 Å². The number of likely N-dealkylation sites (tertiary alicyclic amines) is 1. The molecule has 1 aliphatic carbocycles. The van der Waals surface area contributed by atoms with Crippen LogP contribution in [0.5, 0.6) is 0 Å². The monoisotopic (exact) mass is 523 g/mol. The summed E-state index contributed by atoms with van der Waals surface area (Å²) in [6.45, 7) is 3.21. The summed E-state index contributed by atoms with van der Waals surface area (Å²) < 4.78 is 32.6. The van der Waals surface area contributed by atoms with Gasteiger partial charge < -0.3 is 15.2 Å². The Hall–Kier alpha value is -3.66. The van der Waals surface area contributed by atoms with Crippen LogP contribution in [0.15, 0.2) is 53.2 Å². The molecule has 2 amide bonds. The first-order chi connectivity index (χ1) is 18.4. The molecular formula is C28H31F2N5O3. The molecule has 3 aromatic rings. The van der Waals surface area contributed by atoms with Gasteiger partial charge in [-0.25, -0.2) is 8.78 Å². The van der Waals surface area contributed by atoms with Crippen LogP contribution in [0, 0.1) is 17.6 Å². The van der Waals surface area contributed by atoms with Gasteiger partial charge in [-0.05, 0) is 50.5 Å². The summed E-state index contributed by atoms with van der Waals surface area (Å²) in [6.07, 6.45) is 6.92. The van der Waals surface area contributed by atoms with Crippen LogP contribution >= 0.6 is 0 Å². The van der Waals surface area contributed by atoms with Crippen molar-refractivity contribution in [1.82, 2.24) is 25.7 Å². The van der Waals surface area contributed by atoms with Gasteiger partial charge >= 0.3 is 0 Å². The third-order valence-corrected chi connectivity index (χ3v) is 7.57. The van der Waals surface area contributed by atoms with Crippen LogP contribution in [0.4, 0.5) is 8.78 Å². The van der Waals surface area contributed by atoms with Gasteiger partial charge in [0.15, 0.2) is 11.5 Å². The second-order valence-electron chi connectivity index (χ2n) is 10.1. The number of nitrogens with zero attached hydrogens (tertiary/aromatic N) is 3.